The maximum Gasteiger partial charge on any atom is 0.337 e. The quantitative estimate of drug-likeness (QED) is 0.171. The van der Waals surface area contributed by atoms with Crippen molar-refractivity contribution < 1.29 is 28.5 Å². The SMILES string of the molecule is COC(=O)CCc1nc(C#Cc2cccc(C(=O)OC)c2)ccc1OCCCC/C=C/c1ccc(OC)cc1. The minimum absolute atomic E-state index is 0.189. The number of hydrogen-bond donors (Lipinski definition) is 0. The molecule has 39 heavy (non-hydrogen) atoms. The van der Waals surface area contributed by atoms with Crippen molar-refractivity contribution in [1.82, 2.24) is 4.98 Å². The van der Waals surface area contributed by atoms with E-state index in [1.807, 2.05) is 30.3 Å². The maximum absolute atomic E-state index is 11.8. The van der Waals surface area contributed by atoms with Gasteiger partial charge < -0.3 is 18.9 Å². The van der Waals surface area contributed by atoms with Crippen LogP contribution in [0.15, 0.2) is 66.7 Å². The Morgan fingerprint density at radius 1 is 0.923 bits per heavy atom. The molecule has 1 aromatic heterocycles. The summed E-state index contributed by atoms with van der Waals surface area (Å²) < 4.78 is 20.7. The van der Waals surface area contributed by atoms with E-state index in [-0.39, 0.29) is 12.4 Å². The molecule has 7 heteroatoms. The largest absolute Gasteiger partial charge is 0.497 e. The van der Waals surface area contributed by atoms with Crippen molar-refractivity contribution in [3.8, 4) is 23.3 Å². The molecule has 0 bridgehead atoms. The number of rotatable bonds is 12. The zero-order valence-corrected chi connectivity index (χ0v) is 22.6. The van der Waals surface area contributed by atoms with E-state index in [1.54, 1.807) is 37.4 Å². The van der Waals surface area contributed by atoms with E-state index in [2.05, 4.69) is 29.0 Å². The van der Waals surface area contributed by atoms with Gasteiger partial charge in [0.05, 0.1) is 45.6 Å². The van der Waals surface area contributed by atoms with Gasteiger partial charge in [-0.05, 0) is 73.2 Å². The molecule has 0 aliphatic rings. The van der Waals surface area contributed by atoms with E-state index in [0.717, 1.165) is 30.6 Å². The van der Waals surface area contributed by atoms with Gasteiger partial charge in [0.15, 0.2) is 0 Å². The molecular weight excluding hydrogens is 494 g/mol. The number of aromatic nitrogens is 1. The highest BCUT2D eigenvalue weighted by atomic mass is 16.5. The first kappa shape index (κ1) is 29.0. The molecule has 1 heterocycles. The Balaban J connectivity index is 1.59. The molecule has 0 amide bonds. The van der Waals surface area contributed by atoms with E-state index < -0.39 is 5.97 Å². The van der Waals surface area contributed by atoms with Gasteiger partial charge in [0.2, 0.25) is 0 Å². The van der Waals surface area contributed by atoms with E-state index in [4.69, 9.17) is 18.9 Å². The molecule has 0 saturated carbocycles. The highest BCUT2D eigenvalue weighted by Crippen LogP contribution is 2.20. The Morgan fingerprint density at radius 3 is 2.49 bits per heavy atom. The number of ether oxygens (including phenoxy) is 4. The number of pyridine rings is 1. The molecule has 0 spiro atoms. The van der Waals surface area contributed by atoms with Crippen LogP contribution in [0.2, 0.25) is 0 Å². The van der Waals surface area contributed by atoms with Crippen LogP contribution >= 0.6 is 0 Å². The highest BCUT2D eigenvalue weighted by molar-refractivity contribution is 5.89. The first-order valence-corrected chi connectivity index (χ1v) is 12.7. The van der Waals surface area contributed by atoms with E-state index in [0.29, 0.717) is 41.3 Å². The second-order valence-electron chi connectivity index (χ2n) is 8.56. The van der Waals surface area contributed by atoms with Crippen LogP contribution in [0.4, 0.5) is 0 Å². The lowest BCUT2D eigenvalue weighted by atomic mass is 10.1. The topological polar surface area (TPSA) is 84.0 Å². The van der Waals surface area contributed by atoms with Crippen molar-refractivity contribution in [2.24, 2.45) is 0 Å². The predicted octanol–water partition coefficient (Wildman–Crippen LogP) is 5.64. The van der Waals surface area contributed by atoms with E-state index >= 15 is 0 Å². The second-order valence-corrected chi connectivity index (χ2v) is 8.56. The summed E-state index contributed by atoms with van der Waals surface area (Å²) in [5.41, 5.74) is 3.41. The van der Waals surface area contributed by atoms with Crippen LogP contribution in [-0.2, 0) is 20.7 Å². The summed E-state index contributed by atoms with van der Waals surface area (Å²) in [6.07, 6.45) is 7.61. The molecule has 0 N–H and O–H groups in total. The Bertz CT molecular complexity index is 1330. The van der Waals surface area contributed by atoms with Crippen LogP contribution < -0.4 is 9.47 Å². The number of unbranched alkanes of at least 4 members (excludes halogenated alkanes) is 2. The summed E-state index contributed by atoms with van der Waals surface area (Å²) in [6.45, 7) is 0.536. The molecule has 0 radical (unpaired) electrons. The fraction of sp³-hybridized carbons (Fsp3) is 0.281. The molecule has 0 aliphatic heterocycles. The molecule has 0 atom stereocenters. The van der Waals surface area contributed by atoms with Crippen LogP contribution in [0.1, 0.15) is 58.6 Å². The lowest BCUT2D eigenvalue weighted by molar-refractivity contribution is -0.140. The fourth-order valence-corrected chi connectivity index (χ4v) is 3.65. The number of aryl methyl sites for hydroxylation is 1. The first-order valence-electron chi connectivity index (χ1n) is 12.7. The minimum atomic E-state index is -0.420. The molecule has 0 saturated heterocycles. The number of methoxy groups -OCH3 is 3. The molecule has 0 aliphatic carbocycles. The molecule has 0 fully saturated rings. The molecule has 202 valence electrons. The Morgan fingerprint density at radius 2 is 1.74 bits per heavy atom. The van der Waals surface area contributed by atoms with Crippen LogP contribution in [0, 0.1) is 11.8 Å². The molecule has 3 aromatic rings. The normalized spacial score (nSPS) is 10.4. The standard InChI is InChI=1S/C32H33NO6/c1-36-28-17-13-24(14-18-28)9-6-4-5-7-22-39-30-20-16-27(33-29(30)19-21-31(34)37-2)15-12-25-10-8-11-26(23-25)32(35)38-3/h6,8-11,13-14,16-18,20,23H,4-5,7,19,21-22H2,1-3H3/b9-6+. The fourth-order valence-electron chi connectivity index (χ4n) is 3.65. The Kier molecular flexibility index (Phi) is 11.6. The van der Waals surface area contributed by atoms with Crippen molar-refractivity contribution in [2.45, 2.75) is 32.1 Å². The van der Waals surface area contributed by atoms with Crippen molar-refractivity contribution in [3.05, 3.63) is 94.8 Å². The van der Waals surface area contributed by atoms with Crippen molar-refractivity contribution in [1.29, 1.82) is 0 Å². The third-order valence-electron chi connectivity index (χ3n) is 5.79. The van der Waals surface area contributed by atoms with Crippen LogP contribution in [0.25, 0.3) is 6.08 Å². The van der Waals surface area contributed by atoms with Crippen molar-refractivity contribution >= 4 is 18.0 Å². The smallest absolute Gasteiger partial charge is 0.337 e. The Hall–Kier alpha value is -4.57. The van der Waals surface area contributed by atoms with Crippen LogP contribution in [0.5, 0.6) is 11.5 Å². The summed E-state index contributed by atoms with van der Waals surface area (Å²) in [5, 5.41) is 0. The summed E-state index contributed by atoms with van der Waals surface area (Å²) in [5.74, 6) is 6.79. The average molecular weight is 528 g/mol. The van der Waals surface area contributed by atoms with Crippen molar-refractivity contribution in [3.63, 3.8) is 0 Å². The number of nitrogens with zero attached hydrogens (tertiary/aromatic N) is 1. The van der Waals surface area contributed by atoms with Gasteiger partial charge >= 0.3 is 11.9 Å². The Labute approximate surface area is 229 Å². The van der Waals surface area contributed by atoms with Gasteiger partial charge in [0, 0.05) is 12.0 Å². The average Bonchev–Trinajstić information content (AvgIpc) is 2.98. The zero-order chi connectivity index (χ0) is 27.9. The number of allylic oxidation sites excluding steroid dienone is 1. The summed E-state index contributed by atoms with van der Waals surface area (Å²) in [6, 6.07) is 18.4. The van der Waals surface area contributed by atoms with E-state index in [9.17, 15) is 9.59 Å². The van der Waals surface area contributed by atoms with Gasteiger partial charge in [0.1, 0.15) is 17.2 Å². The lowest BCUT2D eigenvalue weighted by Gasteiger charge is -2.11. The minimum Gasteiger partial charge on any atom is -0.497 e. The third-order valence-corrected chi connectivity index (χ3v) is 5.79. The van der Waals surface area contributed by atoms with E-state index in [1.165, 1.54) is 14.2 Å². The lowest BCUT2D eigenvalue weighted by Crippen LogP contribution is -2.07. The zero-order valence-electron chi connectivity index (χ0n) is 22.6. The molecule has 7 nitrogen and oxygen atoms in total. The number of carbonyl (C=O) groups excluding carboxylic acids is 2. The maximum atomic E-state index is 11.8. The van der Waals surface area contributed by atoms with Crippen molar-refractivity contribution in [2.75, 3.05) is 27.9 Å². The summed E-state index contributed by atoms with van der Waals surface area (Å²) in [7, 11) is 4.36. The molecule has 3 rings (SSSR count). The number of esters is 2. The summed E-state index contributed by atoms with van der Waals surface area (Å²) in [4.78, 5) is 28.1. The molecule has 2 aromatic carbocycles. The predicted molar refractivity (Wildman–Crippen MR) is 150 cm³/mol. The van der Waals surface area contributed by atoms with Gasteiger partial charge in [0.25, 0.3) is 0 Å². The third kappa shape index (κ3) is 9.67. The number of hydrogen-bond acceptors (Lipinski definition) is 7. The van der Waals surface area contributed by atoms with Gasteiger partial charge in [-0.2, -0.15) is 0 Å². The molecular formula is C32H33NO6. The second kappa shape index (κ2) is 15.6. The molecule has 0 unspecified atom stereocenters. The number of benzene rings is 2. The van der Waals surface area contributed by atoms with Gasteiger partial charge in [-0.3, -0.25) is 4.79 Å². The van der Waals surface area contributed by atoms with Crippen LogP contribution in [0.3, 0.4) is 0 Å². The summed E-state index contributed by atoms with van der Waals surface area (Å²) >= 11 is 0. The van der Waals surface area contributed by atoms with Gasteiger partial charge in [-0.25, -0.2) is 9.78 Å². The monoisotopic (exact) mass is 527 g/mol. The highest BCUT2D eigenvalue weighted by Gasteiger charge is 2.10. The van der Waals surface area contributed by atoms with Gasteiger partial charge in [-0.15, -0.1) is 0 Å². The number of carbonyl (C=O) groups is 2. The first-order chi connectivity index (χ1) is 19.0. The van der Waals surface area contributed by atoms with Crippen LogP contribution in [-0.4, -0.2) is 44.9 Å². The van der Waals surface area contributed by atoms with Gasteiger partial charge in [-0.1, -0.05) is 36.3 Å².